The van der Waals surface area contributed by atoms with E-state index in [0.29, 0.717) is 17.9 Å². The van der Waals surface area contributed by atoms with Crippen LogP contribution < -0.4 is 22.1 Å². The summed E-state index contributed by atoms with van der Waals surface area (Å²) in [5.41, 5.74) is 12.1. The maximum atomic E-state index is 9.90. The third-order valence-corrected chi connectivity index (χ3v) is 2.76. The number of fused-ring (bicyclic) bond motifs is 1. The number of rotatable bonds is 1. The second kappa shape index (κ2) is 10.4. The standard InChI is InChI=1S/C8H9N3O.2C5H11NO2/c9-4-5-1-2-7-6(3-5)8(10)11-12-7;2*1-5(2,3)6-4(7)8/h1-3H,4,9H2,(H2,10,11);2*6H,1-3H3,(H,7,8). The molecule has 2 rings (SSSR count). The molecule has 0 spiro atoms. The number of anilines is 1. The lowest BCUT2D eigenvalue weighted by Gasteiger charge is -2.16. The average molecular weight is 397 g/mol. The summed E-state index contributed by atoms with van der Waals surface area (Å²) in [5.74, 6) is 0.417. The van der Waals surface area contributed by atoms with E-state index in [1.807, 2.05) is 18.2 Å². The maximum Gasteiger partial charge on any atom is 0.405 e. The van der Waals surface area contributed by atoms with Gasteiger partial charge in [-0.3, -0.25) is 0 Å². The fraction of sp³-hybridized carbons (Fsp3) is 0.500. The Balaban J connectivity index is 0.000000408. The van der Waals surface area contributed by atoms with Gasteiger partial charge in [-0.25, -0.2) is 9.59 Å². The smallest absolute Gasteiger partial charge is 0.405 e. The number of nitrogens with two attached hydrogens (primary N) is 2. The van der Waals surface area contributed by atoms with E-state index >= 15 is 0 Å². The van der Waals surface area contributed by atoms with Crippen molar-refractivity contribution in [1.29, 1.82) is 0 Å². The Hall–Kier alpha value is -3.01. The number of amides is 2. The SMILES string of the molecule is CC(C)(C)NC(=O)O.CC(C)(C)NC(=O)O.NCc1ccc2onc(N)c2c1. The average Bonchev–Trinajstić information content (AvgIpc) is 2.84. The van der Waals surface area contributed by atoms with Gasteiger partial charge in [-0.1, -0.05) is 11.2 Å². The highest BCUT2D eigenvalue weighted by Gasteiger charge is 2.11. The van der Waals surface area contributed by atoms with E-state index in [0.717, 1.165) is 10.9 Å². The van der Waals surface area contributed by atoms with Crippen LogP contribution >= 0.6 is 0 Å². The van der Waals surface area contributed by atoms with Gasteiger partial charge in [0.2, 0.25) is 0 Å². The highest BCUT2D eigenvalue weighted by atomic mass is 16.5. The molecule has 1 aromatic carbocycles. The van der Waals surface area contributed by atoms with Gasteiger partial charge in [-0.15, -0.1) is 0 Å². The Labute approximate surface area is 164 Å². The zero-order valence-electron chi connectivity index (χ0n) is 17.2. The van der Waals surface area contributed by atoms with Crippen molar-refractivity contribution >= 4 is 29.0 Å². The number of nitrogens with one attached hydrogen (secondary N) is 2. The van der Waals surface area contributed by atoms with Gasteiger partial charge in [0.1, 0.15) is 0 Å². The lowest BCUT2D eigenvalue weighted by molar-refractivity contribution is 0.183. The second-order valence-corrected chi connectivity index (χ2v) is 7.96. The van der Waals surface area contributed by atoms with E-state index in [2.05, 4.69) is 15.8 Å². The summed E-state index contributed by atoms with van der Waals surface area (Å²) in [6.07, 6.45) is -1.95. The van der Waals surface area contributed by atoms with Gasteiger partial charge in [-0.2, -0.15) is 0 Å². The zero-order valence-corrected chi connectivity index (χ0v) is 17.2. The first-order chi connectivity index (χ1) is 12.6. The minimum absolute atomic E-state index is 0.328. The van der Waals surface area contributed by atoms with Crippen molar-refractivity contribution < 1.29 is 24.3 Å². The minimum atomic E-state index is -0.975. The maximum absolute atomic E-state index is 9.90. The van der Waals surface area contributed by atoms with Crippen molar-refractivity contribution in [2.45, 2.75) is 59.2 Å². The molecule has 0 unspecified atom stereocenters. The predicted molar refractivity (Wildman–Crippen MR) is 108 cm³/mol. The van der Waals surface area contributed by atoms with E-state index in [1.54, 1.807) is 41.5 Å². The van der Waals surface area contributed by atoms with E-state index < -0.39 is 12.2 Å². The van der Waals surface area contributed by atoms with Crippen molar-refractivity contribution in [2.75, 3.05) is 5.73 Å². The molecule has 28 heavy (non-hydrogen) atoms. The van der Waals surface area contributed by atoms with Gasteiger partial charge >= 0.3 is 12.2 Å². The first kappa shape index (κ1) is 25.0. The van der Waals surface area contributed by atoms with Gasteiger partial charge in [0, 0.05) is 17.6 Å². The molecule has 1 aromatic heterocycles. The fourth-order valence-electron chi connectivity index (χ4n) is 1.77. The van der Waals surface area contributed by atoms with E-state index in [-0.39, 0.29) is 11.1 Å². The molecule has 0 aliphatic carbocycles. The third kappa shape index (κ3) is 11.6. The molecule has 8 N–H and O–H groups in total. The van der Waals surface area contributed by atoms with Crippen molar-refractivity contribution in [1.82, 2.24) is 15.8 Å². The topological polar surface area (TPSA) is 177 Å². The fourth-order valence-corrected chi connectivity index (χ4v) is 1.77. The van der Waals surface area contributed by atoms with Crippen LogP contribution in [0.15, 0.2) is 22.7 Å². The Bertz CT molecular complexity index is 749. The number of nitrogen functional groups attached to an aromatic ring is 1. The van der Waals surface area contributed by atoms with Crippen LogP contribution in [0.3, 0.4) is 0 Å². The summed E-state index contributed by atoms with van der Waals surface area (Å²) < 4.78 is 4.93. The molecule has 2 amide bonds. The van der Waals surface area contributed by atoms with Gasteiger partial charge in [0.15, 0.2) is 11.4 Å². The Morgan fingerprint density at radius 2 is 1.50 bits per heavy atom. The van der Waals surface area contributed by atoms with Crippen LogP contribution in [0.25, 0.3) is 11.0 Å². The van der Waals surface area contributed by atoms with Crippen LogP contribution in [0.5, 0.6) is 0 Å². The molecule has 158 valence electrons. The first-order valence-corrected chi connectivity index (χ1v) is 8.50. The quantitative estimate of drug-likeness (QED) is 0.425. The van der Waals surface area contributed by atoms with Crippen LogP contribution in [-0.4, -0.2) is 38.6 Å². The monoisotopic (exact) mass is 397 g/mol. The molecule has 0 bridgehead atoms. The van der Waals surface area contributed by atoms with E-state index in [4.69, 9.17) is 26.2 Å². The van der Waals surface area contributed by atoms with Gasteiger partial charge < -0.3 is 36.8 Å². The molecule has 2 aromatic rings. The van der Waals surface area contributed by atoms with Crippen LogP contribution in [-0.2, 0) is 6.54 Å². The number of carboxylic acid groups (broad SMARTS) is 2. The molecule has 0 aliphatic rings. The molecule has 0 radical (unpaired) electrons. The van der Waals surface area contributed by atoms with Gasteiger partial charge in [0.05, 0.1) is 5.39 Å². The Morgan fingerprint density at radius 3 is 1.82 bits per heavy atom. The molecule has 0 saturated carbocycles. The number of benzene rings is 1. The summed E-state index contributed by atoms with van der Waals surface area (Å²) in [5, 5.41) is 25.3. The normalized spacial score (nSPS) is 10.8. The molecule has 10 nitrogen and oxygen atoms in total. The largest absolute Gasteiger partial charge is 0.465 e. The summed E-state index contributed by atoms with van der Waals surface area (Å²) in [4.78, 5) is 19.8. The second-order valence-electron chi connectivity index (χ2n) is 7.96. The summed E-state index contributed by atoms with van der Waals surface area (Å²) >= 11 is 0. The molecule has 0 atom stereocenters. The third-order valence-electron chi connectivity index (χ3n) is 2.76. The van der Waals surface area contributed by atoms with Crippen molar-refractivity contribution in [2.24, 2.45) is 5.73 Å². The van der Waals surface area contributed by atoms with Crippen LogP contribution in [0.1, 0.15) is 47.1 Å². The summed E-state index contributed by atoms with van der Waals surface area (Å²) in [7, 11) is 0. The highest BCUT2D eigenvalue weighted by Crippen LogP contribution is 2.20. The molecule has 10 heteroatoms. The van der Waals surface area contributed by atoms with Gasteiger partial charge in [0.25, 0.3) is 0 Å². The van der Waals surface area contributed by atoms with Crippen molar-refractivity contribution in [3.05, 3.63) is 23.8 Å². The van der Waals surface area contributed by atoms with Crippen molar-refractivity contribution in [3.63, 3.8) is 0 Å². The predicted octanol–water partition coefficient (Wildman–Crippen LogP) is 2.97. The highest BCUT2D eigenvalue weighted by molar-refractivity contribution is 5.87. The number of hydrogen-bond acceptors (Lipinski definition) is 6. The lowest BCUT2D eigenvalue weighted by Crippen LogP contribution is -2.39. The lowest BCUT2D eigenvalue weighted by atomic mass is 10.1. The van der Waals surface area contributed by atoms with Crippen LogP contribution in [0.2, 0.25) is 0 Å². The molecular formula is C18H31N5O5. The zero-order chi connectivity index (χ0) is 22.1. The van der Waals surface area contributed by atoms with Crippen molar-refractivity contribution in [3.8, 4) is 0 Å². The molecule has 1 heterocycles. The number of carbonyl (C=O) groups is 2. The molecular weight excluding hydrogens is 366 g/mol. The number of aromatic nitrogens is 1. The minimum Gasteiger partial charge on any atom is -0.465 e. The molecule has 0 saturated heterocycles. The summed E-state index contributed by atoms with van der Waals surface area (Å²) in [6.45, 7) is 11.3. The Morgan fingerprint density at radius 1 is 1.04 bits per heavy atom. The Kier molecular flexibility index (Phi) is 9.24. The van der Waals surface area contributed by atoms with Crippen LogP contribution in [0, 0.1) is 0 Å². The van der Waals surface area contributed by atoms with E-state index in [1.165, 1.54) is 0 Å². The van der Waals surface area contributed by atoms with Gasteiger partial charge in [-0.05, 0) is 59.2 Å². The number of nitrogens with zero attached hydrogens (tertiary/aromatic N) is 1. The summed E-state index contributed by atoms with van der Waals surface area (Å²) in [6, 6.07) is 5.61. The van der Waals surface area contributed by atoms with Crippen LogP contribution in [0.4, 0.5) is 15.4 Å². The molecule has 0 aliphatic heterocycles. The number of hydrogen-bond donors (Lipinski definition) is 6. The first-order valence-electron chi connectivity index (χ1n) is 8.50. The molecule has 0 fully saturated rings. The van der Waals surface area contributed by atoms with E-state index in [9.17, 15) is 9.59 Å².